The van der Waals surface area contributed by atoms with Crippen LogP contribution in [0.3, 0.4) is 0 Å². The molecule has 4 heteroatoms. The Morgan fingerprint density at radius 1 is 1.22 bits per heavy atom. The summed E-state index contributed by atoms with van der Waals surface area (Å²) in [4.78, 5) is 11.2. The average molecular weight is 252 g/mol. The first-order valence-electron chi connectivity index (χ1n) is 5.92. The van der Waals surface area contributed by atoms with E-state index in [0.717, 1.165) is 0 Å². The van der Waals surface area contributed by atoms with Crippen LogP contribution in [0.25, 0.3) is 0 Å². The third-order valence-corrected chi connectivity index (χ3v) is 3.48. The van der Waals surface area contributed by atoms with Gasteiger partial charge in [-0.15, -0.1) is 0 Å². The van der Waals surface area contributed by atoms with Crippen molar-refractivity contribution in [2.24, 2.45) is 5.41 Å². The number of hydrogen-bond acceptors (Lipinski definition) is 3. The minimum Gasteiger partial charge on any atom is -0.494 e. The molecular weight excluding hydrogens is 232 g/mol. The van der Waals surface area contributed by atoms with Gasteiger partial charge in [-0.1, -0.05) is 12.1 Å². The van der Waals surface area contributed by atoms with Gasteiger partial charge in [0.15, 0.2) is 0 Å². The van der Waals surface area contributed by atoms with E-state index in [4.69, 9.17) is 4.74 Å². The second-order valence-electron chi connectivity index (χ2n) is 4.96. The molecule has 0 radical (unpaired) electrons. The van der Waals surface area contributed by atoms with E-state index in [1.165, 1.54) is 20.8 Å². The highest BCUT2D eigenvalue weighted by Gasteiger charge is 2.46. The van der Waals surface area contributed by atoms with Gasteiger partial charge in [0.25, 0.3) is 0 Å². The number of rotatable bonds is 5. The van der Waals surface area contributed by atoms with Crippen LogP contribution in [0.5, 0.6) is 5.75 Å². The molecule has 0 aliphatic heterocycles. The van der Waals surface area contributed by atoms with Crippen LogP contribution < -0.4 is 4.74 Å². The van der Waals surface area contributed by atoms with E-state index < -0.39 is 17.0 Å². The first-order valence-corrected chi connectivity index (χ1v) is 5.92. The zero-order valence-electron chi connectivity index (χ0n) is 11.2. The Labute approximate surface area is 107 Å². The van der Waals surface area contributed by atoms with Crippen molar-refractivity contribution >= 4 is 5.97 Å². The zero-order valence-corrected chi connectivity index (χ0v) is 11.2. The number of carboxylic acids is 1. The van der Waals surface area contributed by atoms with Gasteiger partial charge >= 0.3 is 5.97 Å². The summed E-state index contributed by atoms with van der Waals surface area (Å²) in [6, 6.07) is 6.84. The SMILES string of the molecule is CCOc1ccc(C(C)(O)C(C)(C)C(=O)O)cc1. The smallest absolute Gasteiger partial charge is 0.312 e. The monoisotopic (exact) mass is 252 g/mol. The lowest BCUT2D eigenvalue weighted by molar-refractivity contribution is -0.164. The Morgan fingerprint density at radius 3 is 2.11 bits per heavy atom. The summed E-state index contributed by atoms with van der Waals surface area (Å²) in [6.07, 6.45) is 0. The lowest BCUT2D eigenvalue weighted by Crippen LogP contribution is -2.44. The summed E-state index contributed by atoms with van der Waals surface area (Å²) < 4.78 is 5.31. The Kier molecular flexibility index (Phi) is 4.02. The molecule has 0 aromatic heterocycles. The fourth-order valence-corrected chi connectivity index (χ4v) is 1.61. The third-order valence-electron chi connectivity index (χ3n) is 3.48. The van der Waals surface area contributed by atoms with E-state index in [0.29, 0.717) is 17.9 Å². The molecule has 0 heterocycles. The van der Waals surface area contributed by atoms with Gasteiger partial charge in [-0.3, -0.25) is 4.79 Å². The molecule has 0 saturated heterocycles. The van der Waals surface area contributed by atoms with E-state index in [-0.39, 0.29) is 0 Å². The van der Waals surface area contributed by atoms with Crippen molar-refractivity contribution in [3.8, 4) is 5.75 Å². The first-order chi connectivity index (χ1) is 8.23. The molecule has 100 valence electrons. The van der Waals surface area contributed by atoms with Gasteiger partial charge in [-0.05, 0) is 45.4 Å². The van der Waals surface area contributed by atoms with Crippen LogP contribution in [0.2, 0.25) is 0 Å². The Bertz CT molecular complexity index is 418. The number of carbonyl (C=O) groups is 1. The topological polar surface area (TPSA) is 66.8 Å². The number of hydrogen-bond donors (Lipinski definition) is 2. The fraction of sp³-hybridized carbons (Fsp3) is 0.500. The molecule has 1 atom stereocenters. The molecule has 0 amide bonds. The second kappa shape index (κ2) is 4.98. The van der Waals surface area contributed by atoms with Gasteiger partial charge in [-0.2, -0.15) is 0 Å². The highest BCUT2D eigenvalue weighted by molar-refractivity contribution is 5.75. The number of aliphatic carboxylic acids is 1. The average Bonchev–Trinajstić information content (AvgIpc) is 2.29. The quantitative estimate of drug-likeness (QED) is 0.844. The molecule has 2 N–H and O–H groups in total. The van der Waals surface area contributed by atoms with E-state index in [2.05, 4.69) is 0 Å². The summed E-state index contributed by atoms with van der Waals surface area (Å²) >= 11 is 0. The van der Waals surface area contributed by atoms with Crippen molar-refractivity contribution < 1.29 is 19.7 Å². The first kappa shape index (κ1) is 14.5. The molecular formula is C14H20O4. The van der Waals surface area contributed by atoms with Crippen LogP contribution >= 0.6 is 0 Å². The summed E-state index contributed by atoms with van der Waals surface area (Å²) in [5.41, 5.74) is -2.18. The predicted molar refractivity (Wildman–Crippen MR) is 68.6 cm³/mol. The maximum absolute atomic E-state index is 11.2. The fourth-order valence-electron chi connectivity index (χ4n) is 1.61. The molecule has 0 saturated carbocycles. The molecule has 1 aromatic rings. The second-order valence-corrected chi connectivity index (χ2v) is 4.96. The zero-order chi connectivity index (χ0) is 14.0. The van der Waals surface area contributed by atoms with Gasteiger partial charge in [0.2, 0.25) is 0 Å². The van der Waals surface area contributed by atoms with Crippen LogP contribution in [-0.4, -0.2) is 22.8 Å². The molecule has 1 unspecified atom stereocenters. The summed E-state index contributed by atoms with van der Waals surface area (Å²) in [5, 5.41) is 19.7. The summed E-state index contributed by atoms with van der Waals surface area (Å²) in [7, 11) is 0. The third kappa shape index (κ3) is 2.48. The minimum atomic E-state index is -1.45. The van der Waals surface area contributed by atoms with E-state index in [9.17, 15) is 15.0 Å². The molecule has 0 fully saturated rings. The molecule has 0 bridgehead atoms. The lowest BCUT2D eigenvalue weighted by atomic mass is 9.72. The van der Waals surface area contributed by atoms with Crippen LogP contribution in [0.15, 0.2) is 24.3 Å². The maximum atomic E-state index is 11.2. The van der Waals surface area contributed by atoms with Gasteiger partial charge in [0.1, 0.15) is 11.4 Å². The Morgan fingerprint density at radius 2 is 1.72 bits per heavy atom. The number of carboxylic acid groups (broad SMARTS) is 1. The molecule has 1 rings (SSSR count). The van der Waals surface area contributed by atoms with E-state index in [1.54, 1.807) is 24.3 Å². The molecule has 0 spiro atoms. The van der Waals surface area contributed by atoms with Crippen LogP contribution in [0.4, 0.5) is 0 Å². The molecule has 18 heavy (non-hydrogen) atoms. The van der Waals surface area contributed by atoms with Crippen molar-refractivity contribution in [1.82, 2.24) is 0 Å². The number of benzene rings is 1. The van der Waals surface area contributed by atoms with E-state index >= 15 is 0 Å². The van der Waals surface area contributed by atoms with Crippen molar-refractivity contribution in [1.29, 1.82) is 0 Å². The van der Waals surface area contributed by atoms with Crippen molar-refractivity contribution in [3.05, 3.63) is 29.8 Å². The highest BCUT2D eigenvalue weighted by Crippen LogP contribution is 2.39. The van der Waals surface area contributed by atoms with Crippen molar-refractivity contribution in [2.45, 2.75) is 33.3 Å². The van der Waals surface area contributed by atoms with Crippen LogP contribution in [-0.2, 0) is 10.4 Å². The van der Waals surface area contributed by atoms with E-state index in [1.807, 2.05) is 6.92 Å². The van der Waals surface area contributed by atoms with Crippen molar-refractivity contribution in [3.63, 3.8) is 0 Å². The van der Waals surface area contributed by atoms with Gasteiger partial charge in [-0.25, -0.2) is 0 Å². The normalized spacial score (nSPS) is 14.9. The van der Waals surface area contributed by atoms with Crippen LogP contribution in [0.1, 0.15) is 33.3 Å². The van der Waals surface area contributed by atoms with Gasteiger partial charge < -0.3 is 14.9 Å². The minimum absolute atomic E-state index is 0.554. The standard InChI is InChI=1S/C14H20O4/c1-5-18-11-8-6-10(7-9-11)14(4,17)13(2,3)12(15)16/h6-9,17H,5H2,1-4H3,(H,15,16). The molecule has 1 aromatic carbocycles. The van der Waals surface area contributed by atoms with Gasteiger partial charge in [0, 0.05) is 0 Å². The lowest BCUT2D eigenvalue weighted by Gasteiger charge is -2.37. The molecule has 0 aliphatic rings. The largest absolute Gasteiger partial charge is 0.494 e. The summed E-state index contributed by atoms with van der Waals surface area (Å²) in [5.74, 6) is -0.341. The van der Waals surface area contributed by atoms with Crippen molar-refractivity contribution in [2.75, 3.05) is 6.61 Å². The van der Waals surface area contributed by atoms with Crippen LogP contribution in [0, 0.1) is 5.41 Å². The van der Waals surface area contributed by atoms with Gasteiger partial charge in [0.05, 0.1) is 12.0 Å². The molecule has 4 nitrogen and oxygen atoms in total. The number of aliphatic hydroxyl groups is 1. The number of ether oxygens (including phenoxy) is 1. The maximum Gasteiger partial charge on any atom is 0.312 e. The predicted octanol–water partition coefficient (Wildman–Crippen LogP) is 2.40. The Hall–Kier alpha value is -1.55. The summed E-state index contributed by atoms with van der Waals surface area (Å²) in [6.45, 7) is 6.97. The Balaban J connectivity index is 3.08. The molecule has 0 aliphatic carbocycles. The highest BCUT2D eigenvalue weighted by atomic mass is 16.5.